The zero-order valence-electron chi connectivity index (χ0n) is 12.2. The van der Waals surface area contributed by atoms with E-state index in [9.17, 15) is 4.79 Å². The van der Waals surface area contributed by atoms with Crippen LogP contribution in [0.2, 0.25) is 0 Å². The van der Waals surface area contributed by atoms with E-state index in [0.717, 1.165) is 12.0 Å². The molecule has 2 aromatic carbocycles. The van der Waals surface area contributed by atoms with Gasteiger partial charge in [-0.1, -0.05) is 38.2 Å². The molecule has 0 bridgehead atoms. The fraction of sp³-hybridized carbons (Fsp3) is 0.389. The Kier molecular flexibility index (Phi) is 12.2. The zero-order valence-corrected chi connectivity index (χ0v) is 13.3. The van der Waals surface area contributed by atoms with E-state index in [1.165, 1.54) is 25.7 Å². The smallest absolute Gasteiger partial charge is 0.309 e. The van der Waals surface area contributed by atoms with Gasteiger partial charge >= 0.3 is 17.1 Å². The molecular formula is C18H24FeO. The molecule has 0 atom stereocenters. The van der Waals surface area contributed by atoms with Crippen molar-refractivity contribution in [1.82, 2.24) is 0 Å². The third-order valence-electron chi connectivity index (χ3n) is 3.05. The van der Waals surface area contributed by atoms with E-state index in [-0.39, 0.29) is 17.1 Å². The van der Waals surface area contributed by atoms with Gasteiger partial charge in [-0.3, -0.25) is 0 Å². The molecule has 1 nitrogen and oxygen atoms in total. The van der Waals surface area contributed by atoms with Gasteiger partial charge in [0.15, 0.2) is 0 Å². The number of carbonyl (C=O) groups excluding carboxylic acids is 1. The Morgan fingerprint density at radius 1 is 0.950 bits per heavy atom. The first-order valence-electron chi connectivity index (χ1n) is 7.26. The van der Waals surface area contributed by atoms with Crippen molar-refractivity contribution in [3.05, 3.63) is 60.2 Å². The zero-order chi connectivity index (χ0) is 13.8. The second kappa shape index (κ2) is 12.9. The van der Waals surface area contributed by atoms with E-state index in [1.807, 2.05) is 54.6 Å². The molecule has 0 aliphatic heterocycles. The van der Waals surface area contributed by atoms with Crippen LogP contribution >= 0.6 is 0 Å². The van der Waals surface area contributed by atoms with Crippen LogP contribution in [0.15, 0.2) is 54.6 Å². The van der Waals surface area contributed by atoms with Crippen molar-refractivity contribution in [1.29, 1.82) is 0 Å². The SMILES string of the molecule is CCCCCCCC(=O)[c-]1cccc1.[Fe+2].c1cc[cH-]c1. The van der Waals surface area contributed by atoms with Gasteiger partial charge in [0, 0.05) is 0 Å². The van der Waals surface area contributed by atoms with Gasteiger partial charge in [-0.25, -0.2) is 24.3 Å². The molecule has 20 heavy (non-hydrogen) atoms. The van der Waals surface area contributed by atoms with Crippen LogP contribution in [0.3, 0.4) is 0 Å². The fourth-order valence-corrected chi connectivity index (χ4v) is 1.91. The topological polar surface area (TPSA) is 17.1 Å². The normalized spacial score (nSPS) is 9.25. The minimum Gasteiger partial charge on any atom is -0.309 e. The van der Waals surface area contributed by atoms with E-state index in [1.54, 1.807) is 0 Å². The molecule has 0 aromatic heterocycles. The van der Waals surface area contributed by atoms with Gasteiger partial charge in [0.05, 0.1) is 0 Å². The van der Waals surface area contributed by atoms with Crippen molar-refractivity contribution in [2.45, 2.75) is 45.4 Å². The summed E-state index contributed by atoms with van der Waals surface area (Å²) in [6.45, 7) is 2.20. The fourth-order valence-electron chi connectivity index (χ4n) is 1.91. The summed E-state index contributed by atoms with van der Waals surface area (Å²) < 4.78 is 0. The number of ketones is 1. The first-order valence-corrected chi connectivity index (χ1v) is 7.26. The van der Waals surface area contributed by atoms with Gasteiger partial charge < -0.3 is 4.79 Å². The molecule has 0 saturated heterocycles. The molecular weight excluding hydrogens is 288 g/mol. The molecule has 2 rings (SSSR count). The first-order chi connectivity index (χ1) is 9.34. The molecule has 0 heterocycles. The van der Waals surface area contributed by atoms with Gasteiger partial charge in [0.2, 0.25) is 0 Å². The monoisotopic (exact) mass is 312 g/mol. The number of hydrogen-bond acceptors (Lipinski definition) is 1. The van der Waals surface area contributed by atoms with E-state index in [2.05, 4.69) is 6.92 Å². The van der Waals surface area contributed by atoms with Gasteiger partial charge in [-0.15, -0.1) is 0 Å². The molecule has 0 aliphatic rings. The van der Waals surface area contributed by atoms with Crippen molar-refractivity contribution in [2.24, 2.45) is 0 Å². The van der Waals surface area contributed by atoms with Crippen LogP contribution in [0.25, 0.3) is 0 Å². The third kappa shape index (κ3) is 8.90. The number of rotatable bonds is 7. The maximum atomic E-state index is 11.5. The molecule has 0 radical (unpaired) electrons. The maximum absolute atomic E-state index is 11.5. The van der Waals surface area contributed by atoms with Crippen molar-refractivity contribution in [3.8, 4) is 0 Å². The van der Waals surface area contributed by atoms with Crippen LogP contribution in [0.4, 0.5) is 0 Å². The summed E-state index contributed by atoms with van der Waals surface area (Å²) in [7, 11) is 0. The summed E-state index contributed by atoms with van der Waals surface area (Å²) in [6, 6.07) is 17.6. The van der Waals surface area contributed by atoms with Crippen LogP contribution in [-0.2, 0) is 17.1 Å². The Labute approximate surface area is 133 Å². The number of hydrogen-bond donors (Lipinski definition) is 0. The van der Waals surface area contributed by atoms with Gasteiger partial charge in [0.1, 0.15) is 5.78 Å². The van der Waals surface area contributed by atoms with Gasteiger partial charge in [0.25, 0.3) is 0 Å². The summed E-state index contributed by atoms with van der Waals surface area (Å²) in [4.78, 5) is 11.5. The number of carbonyl (C=O) groups is 1. The van der Waals surface area contributed by atoms with Crippen molar-refractivity contribution in [3.63, 3.8) is 0 Å². The molecule has 0 spiro atoms. The predicted octanol–water partition coefficient (Wildman–Crippen LogP) is 5.35. The quantitative estimate of drug-likeness (QED) is 0.291. The van der Waals surface area contributed by atoms with Crippen molar-refractivity contribution >= 4 is 5.78 Å². The minimum atomic E-state index is 0. The average molecular weight is 312 g/mol. The summed E-state index contributed by atoms with van der Waals surface area (Å²) in [6.07, 6.45) is 6.78. The Morgan fingerprint density at radius 2 is 1.55 bits per heavy atom. The molecule has 0 unspecified atom stereocenters. The average Bonchev–Trinajstić information content (AvgIpc) is 3.13. The molecule has 2 heteroatoms. The van der Waals surface area contributed by atoms with E-state index < -0.39 is 0 Å². The minimum absolute atomic E-state index is 0. The predicted molar refractivity (Wildman–Crippen MR) is 81.8 cm³/mol. The molecule has 0 saturated carbocycles. The Morgan fingerprint density at radius 3 is 2.05 bits per heavy atom. The van der Waals surface area contributed by atoms with E-state index in [4.69, 9.17) is 0 Å². The second-order valence-corrected chi connectivity index (χ2v) is 4.72. The Balaban J connectivity index is 0.000000507. The standard InChI is InChI=1S/C13H19O.C5H5.Fe/c1-2-3-4-5-6-11-13(14)12-9-7-8-10-12;1-2-4-5-3-1;/h7-10H,2-6,11H2,1H3;1-5H;/q2*-1;+2. The molecule has 110 valence electrons. The number of Topliss-reactive ketones (excluding diaryl/α,β-unsaturated/α-hetero) is 1. The molecule has 0 fully saturated rings. The Bertz CT molecular complexity index is 383. The van der Waals surface area contributed by atoms with Gasteiger partial charge in [-0.05, 0) is 12.8 Å². The Hall–Kier alpha value is -1.11. The summed E-state index contributed by atoms with van der Waals surface area (Å²) in [5, 5.41) is 0. The molecule has 2 aromatic rings. The van der Waals surface area contributed by atoms with Gasteiger partial charge in [-0.2, -0.15) is 30.3 Å². The van der Waals surface area contributed by atoms with Crippen molar-refractivity contribution in [2.75, 3.05) is 0 Å². The van der Waals surface area contributed by atoms with Crippen LogP contribution < -0.4 is 0 Å². The van der Waals surface area contributed by atoms with E-state index >= 15 is 0 Å². The summed E-state index contributed by atoms with van der Waals surface area (Å²) in [5.74, 6) is 0.298. The van der Waals surface area contributed by atoms with Crippen molar-refractivity contribution < 1.29 is 21.9 Å². The van der Waals surface area contributed by atoms with Crippen LogP contribution in [-0.4, -0.2) is 5.78 Å². The van der Waals surface area contributed by atoms with Crippen LogP contribution in [0.5, 0.6) is 0 Å². The summed E-state index contributed by atoms with van der Waals surface area (Å²) in [5.41, 5.74) is 0.875. The third-order valence-corrected chi connectivity index (χ3v) is 3.05. The largest absolute Gasteiger partial charge is 2.00 e. The molecule has 0 N–H and O–H groups in total. The summed E-state index contributed by atoms with van der Waals surface area (Å²) >= 11 is 0. The first kappa shape index (κ1) is 18.9. The molecule has 0 amide bonds. The van der Waals surface area contributed by atoms with E-state index in [0.29, 0.717) is 12.2 Å². The molecule has 0 aliphatic carbocycles. The van der Waals surface area contributed by atoms with Crippen LogP contribution in [0.1, 0.15) is 55.8 Å². The van der Waals surface area contributed by atoms with Crippen LogP contribution in [0, 0.1) is 0 Å². The second-order valence-electron chi connectivity index (χ2n) is 4.72. The number of unbranched alkanes of at least 4 members (excludes halogenated alkanes) is 4. The maximum Gasteiger partial charge on any atom is 2.00 e.